The first-order valence-corrected chi connectivity index (χ1v) is 5.93. The highest BCUT2D eigenvalue weighted by Crippen LogP contribution is 2.27. The number of aryl methyl sites for hydroxylation is 2. The molecule has 0 amide bonds. The average molecular weight is 241 g/mol. The van der Waals surface area contributed by atoms with Crippen molar-refractivity contribution in [2.75, 3.05) is 18.9 Å². The van der Waals surface area contributed by atoms with Crippen LogP contribution in [0, 0.1) is 13.8 Å². The summed E-state index contributed by atoms with van der Waals surface area (Å²) in [5.74, 6) is 0. The Morgan fingerprint density at radius 1 is 1.25 bits per heavy atom. The van der Waals surface area contributed by atoms with Crippen molar-refractivity contribution in [2.45, 2.75) is 33.2 Å². The van der Waals surface area contributed by atoms with Crippen molar-refractivity contribution in [3.05, 3.63) is 28.3 Å². The summed E-state index contributed by atoms with van der Waals surface area (Å²) >= 11 is 6.22. The van der Waals surface area contributed by atoms with Gasteiger partial charge in [0, 0.05) is 12.1 Å². The average Bonchev–Trinajstić information content (AvgIpc) is 2.16. The van der Waals surface area contributed by atoms with Gasteiger partial charge in [-0.25, -0.2) is 0 Å². The third-order valence-electron chi connectivity index (χ3n) is 2.82. The van der Waals surface area contributed by atoms with Gasteiger partial charge in [-0.3, -0.25) is 0 Å². The van der Waals surface area contributed by atoms with Crippen LogP contribution in [-0.4, -0.2) is 19.1 Å². The smallest absolute Gasteiger partial charge is 0.0642 e. The Labute approximate surface area is 103 Å². The summed E-state index contributed by atoms with van der Waals surface area (Å²) in [7, 11) is 1.96. The number of nitrogens with one attached hydrogen (secondary N) is 2. The van der Waals surface area contributed by atoms with Crippen molar-refractivity contribution in [3.63, 3.8) is 0 Å². The first kappa shape index (κ1) is 13.3. The minimum absolute atomic E-state index is 0.0562. The van der Waals surface area contributed by atoms with Crippen molar-refractivity contribution < 1.29 is 0 Å². The summed E-state index contributed by atoms with van der Waals surface area (Å²) in [6.07, 6.45) is 0. The largest absolute Gasteiger partial charge is 0.382 e. The maximum absolute atomic E-state index is 6.22. The van der Waals surface area contributed by atoms with Gasteiger partial charge in [-0.2, -0.15) is 0 Å². The van der Waals surface area contributed by atoms with Gasteiger partial charge in [0.25, 0.3) is 0 Å². The van der Waals surface area contributed by atoms with E-state index in [0.29, 0.717) is 0 Å². The minimum atomic E-state index is 0.0562. The molecule has 1 rings (SSSR count). The van der Waals surface area contributed by atoms with Crippen LogP contribution in [0.5, 0.6) is 0 Å². The van der Waals surface area contributed by atoms with E-state index in [-0.39, 0.29) is 5.54 Å². The molecule has 1 aromatic rings. The van der Waals surface area contributed by atoms with Crippen LogP contribution in [0.2, 0.25) is 5.02 Å². The highest BCUT2D eigenvalue weighted by Gasteiger charge is 2.15. The Morgan fingerprint density at radius 2 is 1.88 bits per heavy atom. The van der Waals surface area contributed by atoms with Crippen LogP contribution in [-0.2, 0) is 0 Å². The van der Waals surface area contributed by atoms with E-state index in [2.05, 4.69) is 44.4 Å². The fourth-order valence-electron chi connectivity index (χ4n) is 1.54. The lowest BCUT2D eigenvalue weighted by molar-refractivity contribution is 0.448. The van der Waals surface area contributed by atoms with E-state index < -0.39 is 0 Å². The second kappa shape index (κ2) is 5.07. The number of halogens is 1. The minimum Gasteiger partial charge on any atom is -0.382 e. The lowest BCUT2D eigenvalue weighted by Crippen LogP contribution is -2.42. The van der Waals surface area contributed by atoms with Gasteiger partial charge in [0.1, 0.15) is 0 Å². The van der Waals surface area contributed by atoms with Crippen LogP contribution in [0.1, 0.15) is 25.0 Å². The van der Waals surface area contributed by atoms with Gasteiger partial charge in [-0.1, -0.05) is 17.7 Å². The second-order valence-corrected chi connectivity index (χ2v) is 5.33. The standard InChI is InChI=1S/C13H21ClN2/c1-9-6-10(2)12(11(14)7-9)16-8-13(3,4)15-5/h6-7,15-16H,8H2,1-5H3. The molecule has 0 bridgehead atoms. The molecule has 16 heavy (non-hydrogen) atoms. The van der Waals surface area contributed by atoms with Crippen LogP contribution in [0.25, 0.3) is 0 Å². The van der Waals surface area contributed by atoms with Crippen molar-refractivity contribution in [2.24, 2.45) is 0 Å². The lowest BCUT2D eigenvalue weighted by atomic mass is 10.1. The molecule has 2 N–H and O–H groups in total. The summed E-state index contributed by atoms with van der Waals surface area (Å²) in [4.78, 5) is 0. The molecule has 0 aromatic heterocycles. The monoisotopic (exact) mass is 240 g/mol. The molecular formula is C13H21ClN2. The first-order chi connectivity index (χ1) is 7.35. The SMILES string of the molecule is CNC(C)(C)CNc1c(C)cc(C)cc1Cl. The Kier molecular flexibility index (Phi) is 4.22. The molecule has 1 aromatic carbocycles. The van der Waals surface area contributed by atoms with Gasteiger partial charge in [0.15, 0.2) is 0 Å². The number of hydrogen-bond donors (Lipinski definition) is 2. The molecular weight excluding hydrogens is 220 g/mol. The van der Waals surface area contributed by atoms with E-state index in [1.165, 1.54) is 11.1 Å². The summed E-state index contributed by atoms with van der Waals surface area (Å²) < 4.78 is 0. The van der Waals surface area contributed by atoms with Gasteiger partial charge < -0.3 is 10.6 Å². The van der Waals surface area contributed by atoms with E-state index in [4.69, 9.17) is 11.6 Å². The summed E-state index contributed by atoms with van der Waals surface area (Å²) in [5, 5.41) is 7.46. The molecule has 0 saturated carbocycles. The second-order valence-electron chi connectivity index (χ2n) is 4.93. The quantitative estimate of drug-likeness (QED) is 0.843. The van der Waals surface area contributed by atoms with Gasteiger partial charge in [-0.05, 0) is 51.9 Å². The molecule has 0 saturated heterocycles. The van der Waals surface area contributed by atoms with Crippen LogP contribution < -0.4 is 10.6 Å². The van der Waals surface area contributed by atoms with Crippen LogP contribution in [0.4, 0.5) is 5.69 Å². The Morgan fingerprint density at radius 3 is 2.38 bits per heavy atom. The fraction of sp³-hybridized carbons (Fsp3) is 0.538. The van der Waals surface area contributed by atoms with Gasteiger partial charge in [0.05, 0.1) is 10.7 Å². The van der Waals surface area contributed by atoms with Crippen LogP contribution in [0.3, 0.4) is 0 Å². The van der Waals surface area contributed by atoms with E-state index in [1.54, 1.807) is 0 Å². The van der Waals surface area contributed by atoms with E-state index in [9.17, 15) is 0 Å². The fourth-order valence-corrected chi connectivity index (χ4v) is 1.93. The Hall–Kier alpha value is -0.730. The van der Waals surface area contributed by atoms with Gasteiger partial charge >= 0.3 is 0 Å². The highest BCUT2D eigenvalue weighted by molar-refractivity contribution is 6.33. The molecule has 0 fully saturated rings. The van der Waals surface area contributed by atoms with Crippen molar-refractivity contribution >= 4 is 17.3 Å². The number of hydrogen-bond acceptors (Lipinski definition) is 2. The predicted octanol–water partition coefficient (Wildman–Crippen LogP) is 3.37. The lowest BCUT2D eigenvalue weighted by Gasteiger charge is -2.26. The zero-order valence-corrected chi connectivity index (χ0v) is 11.5. The maximum atomic E-state index is 6.22. The molecule has 0 aliphatic carbocycles. The highest BCUT2D eigenvalue weighted by atomic mass is 35.5. The van der Waals surface area contributed by atoms with E-state index in [1.807, 2.05) is 13.1 Å². The maximum Gasteiger partial charge on any atom is 0.0642 e. The van der Waals surface area contributed by atoms with Crippen molar-refractivity contribution in [3.8, 4) is 0 Å². The van der Waals surface area contributed by atoms with Crippen LogP contribution >= 0.6 is 11.6 Å². The molecule has 0 radical (unpaired) electrons. The summed E-state index contributed by atoms with van der Waals surface area (Å²) in [6, 6.07) is 4.13. The number of anilines is 1. The predicted molar refractivity (Wildman–Crippen MR) is 72.6 cm³/mol. The molecule has 3 heteroatoms. The van der Waals surface area contributed by atoms with E-state index >= 15 is 0 Å². The number of likely N-dealkylation sites (N-methyl/N-ethyl adjacent to an activating group) is 1. The molecule has 0 heterocycles. The van der Waals surface area contributed by atoms with Crippen molar-refractivity contribution in [1.82, 2.24) is 5.32 Å². The molecule has 0 aliphatic heterocycles. The molecule has 0 spiro atoms. The Balaban J connectivity index is 2.82. The van der Waals surface area contributed by atoms with Gasteiger partial charge in [0.2, 0.25) is 0 Å². The Bertz CT molecular complexity index is 349. The van der Waals surface area contributed by atoms with Crippen LogP contribution in [0.15, 0.2) is 12.1 Å². The molecule has 0 atom stereocenters. The third-order valence-corrected chi connectivity index (χ3v) is 3.11. The molecule has 0 unspecified atom stereocenters. The summed E-state index contributed by atoms with van der Waals surface area (Å²) in [6.45, 7) is 9.27. The number of benzene rings is 1. The zero-order chi connectivity index (χ0) is 12.3. The van der Waals surface area contributed by atoms with Gasteiger partial charge in [-0.15, -0.1) is 0 Å². The first-order valence-electron chi connectivity index (χ1n) is 5.55. The zero-order valence-electron chi connectivity index (χ0n) is 10.7. The molecule has 90 valence electrons. The normalized spacial score (nSPS) is 11.6. The molecule has 2 nitrogen and oxygen atoms in total. The third kappa shape index (κ3) is 3.39. The van der Waals surface area contributed by atoms with Crippen molar-refractivity contribution in [1.29, 1.82) is 0 Å². The topological polar surface area (TPSA) is 24.1 Å². The summed E-state index contributed by atoms with van der Waals surface area (Å²) in [5.41, 5.74) is 3.48. The molecule has 0 aliphatic rings. The van der Waals surface area contributed by atoms with E-state index in [0.717, 1.165) is 17.3 Å². The number of rotatable bonds is 4.